The Morgan fingerprint density at radius 3 is 2.61 bits per heavy atom. The van der Waals surface area contributed by atoms with E-state index in [0.29, 0.717) is 6.54 Å². The molecule has 100 valence electrons. The largest absolute Gasteiger partial charge is 0.323 e. The van der Waals surface area contributed by atoms with Gasteiger partial charge in [0.1, 0.15) is 11.6 Å². The Hall–Kier alpha value is -1.49. The molecule has 0 aliphatic heterocycles. The summed E-state index contributed by atoms with van der Waals surface area (Å²) < 4.78 is 26.8. The van der Waals surface area contributed by atoms with Crippen LogP contribution in [0.4, 0.5) is 14.5 Å². The summed E-state index contributed by atoms with van der Waals surface area (Å²) in [6.07, 6.45) is 0. The molecule has 0 heterocycles. The summed E-state index contributed by atoms with van der Waals surface area (Å²) in [5, 5.41) is 5.41. The number of rotatable bonds is 5. The van der Waals surface area contributed by atoms with Crippen molar-refractivity contribution >= 4 is 11.6 Å². The highest BCUT2D eigenvalue weighted by Crippen LogP contribution is 2.19. The van der Waals surface area contributed by atoms with Crippen molar-refractivity contribution in [3.8, 4) is 0 Å². The number of benzene rings is 1. The summed E-state index contributed by atoms with van der Waals surface area (Å²) in [5.41, 5.74) is 0.0950. The van der Waals surface area contributed by atoms with E-state index in [1.54, 1.807) is 6.92 Å². The summed E-state index contributed by atoms with van der Waals surface area (Å²) >= 11 is 0. The molecule has 1 aromatic carbocycles. The van der Waals surface area contributed by atoms with Crippen molar-refractivity contribution in [3.63, 3.8) is 0 Å². The molecule has 0 fully saturated rings. The molecule has 0 aromatic heterocycles. The lowest BCUT2D eigenvalue weighted by atomic mass is 10.1. The molecule has 0 aliphatic rings. The van der Waals surface area contributed by atoms with Gasteiger partial charge in [-0.25, -0.2) is 8.78 Å². The quantitative estimate of drug-likeness (QED) is 0.849. The number of aryl methyl sites for hydroxylation is 1. The van der Waals surface area contributed by atoms with Crippen molar-refractivity contribution in [3.05, 3.63) is 29.3 Å². The Bertz CT molecular complexity index is 435. The predicted octanol–water partition coefficient (Wildman–Crippen LogP) is 2.46. The van der Waals surface area contributed by atoms with E-state index in [1.165, 1.54) is 6.92 Å². The minimum absolute atomic E-state index is 0.119. The summed E-state index contributed by atoms with van der Waals surface area (Å²) in [7, 11) is 0. The van der Waals surface area contributed by atoms with Crippen molar-refractivity contribution in [1.82, 2.24) is 5.32 Å². The first-order chi connectivity index (χ1) is 8.45. The first-order valence-electron chi connectivity index (χ1n) is 5.93. The van der Waals surface area contributed by atoms with Crippen LogP contribution in [0.15, 0.2) is 12.1 Å². The highest BCUT2D eigenvalue weighted by atomic mass is 19.1. The van der Waals surface area contributed by atoms with Gasteiger partial charge in [-0.05, 0) is 25.1 Å². The Balaban J connectivity index is 2.72. The fraction of sp³-hybridized carbons (Fsp3) is 0.462. The van der Waals surface area contributed by atoms with Crippen LogP contribution in [0.25, 0.3) is 0 Å². The first-order valence-corrected chi connectivity index (χ1v) is 5.93. The molecule has 2 N–H and O–H groups in total. The van der Waals surface area contributed by atoms with Crippen LogP contribution in [0.1, 0.15) is 19.4 Å². The minimum atomic E-state index is -0.627. The monoisotopic (exact) mass is 256 g/mol. The third kappa shape index (κ3) is 3.77. The molecule has 0 saturated carbocycles. The van der Waals surface area contributed by atoms with E-state index < -0.39 is 11.6 Å². The van der Waals surface area contributed by atoms with E-state index in [4.69, 9.17) is 0 Å². The smallest absolute Gasteiger partial charge is 0.228 e. The Morgan fingerprint density at radius 2 is 2.00 bits per heavy atom. The van der Waals surface area contributed by atoms with Crippen LogP contribution in [-0.2, 0) is 4.79 Å². The molecule has 1 rings (SSSR count). The third-order valence-corrected chi connectivity index (χ3v) is 2.65. The number of carbonyl (C=O) groups is 1. The lowest BCUT2D eigenvalue weighted by Crippen LogP contribution is -2.30. The molecule has 3 nitrogen and oxygen atoms in total. The minimum Gasteiger partial charge on any atom is -0.323 e. The second-order valence-electron chi connectivity index (χ2n) is 4.28. The Kier molecular flexibility index (Phi) is 5.22. The van der Waals surface area contributed by atoms with E-state index in [0.717, 1.165) is 18.7 Å². The maximum atomic E-state index is 13.5. The van der Waals surface area contributed by atoms with Gasteiger partial charge < -0.3 is 10.6 Å². The van der Waals surface area contributed by atoms with Crippen LogP contribution >= 0.6 is 0 Å². The number of amides is 1. The van der Waals surface area contributed by atoms with Gasteiger partial charge in [0.25, 0.3) is 0 Å². The van der Waals surface area contributed by atoms with Gasteiger partial charge >= 0.3 is 0 Å². The van der Waals surface area contributed by atoms with E-state index in [-0.39, 0.29) is 23.1 Å². The molecule has 5 heteroatoms. The SMILES string of the molecule is CCNCC(C)C(=O)Nc1cc(F)c(C)cc1F. The zero-order valence-electron chi connectivity index (χ0n) is 10.8. The Labute approximate surface area is 106 Å². The predicted molar refractivity (Wildman–Crippen MR) is 67.4 cm³/mol. The number of hydrogen-bond acceptors (Lipinski definition) is 2. The van der Waals surface area contributed by atoms with Gasteiger partial charge in [0.15, 0.2) is 0 Å². The maximum Gasteiger partial charge on any atom is 0.228 e. The van der Waals surface area contributed by atoms with Crippen molar-refractivity contribution in [2.45, 2.75) is 20.8 Å². The summed E-state index contributed by atoms with van der Waals surface area (Å²) in [5.74, 6) is -1.81. The van der Waals surface area contributed by atoms with Crippen LogP contribution in [0.2, 0.25) is 0 Å². The molecule has 1 unspecified atom stereocenters. The molecule has 1 atom stereocenters. The highest BCUT2D eigenvalue weighted by molar-refractivity contribution is 5.92. The van der Waals surface area contributed by atoms with Gasteiger partial charge in [-0.2, -0.15) is 0 Å². The van der Waals surface area contributed by atoms with Gasteiger partial charge in [0.2, 0.25) is 5.91 Å². The molecular weight excluding hydrogens is 238 g/mol. The number of nitrogens with one attached hydrogen (secondary N) is 2. The van der Waals surface area contributed by atoms with Crippen LogP contribution < -0.4 is 10.6 Å². The summed E-state index contributed by atoms with van der Waals surface area (Å²) in [6, 6.07) is 2.07. The van der Waals surface area contributed by atoms with Gasteiger partial charge in [-0.3, -0.25) is 4.79 Å². The van der Waals surface area contributed by atoms with Gasteiger partial charge in [0, 0.05) is 18.5 Å². The zero-order chi connectivity index (χ0) is 13.7. The van der Waals surface area contributed by atoms with E-state index in [9.17, 15) is 13.6 Å². The topological polar surface area (TPSA) is 41.1 Å². The normalized spacial score (nSPS) is 12.3. The number of halogens is 2. The third-order valence-electron chi connectivity index (χ3n) is 2.65. The Morgan fingerprint density at radius 1 is 1.33 bits per heavy atom. The molecule has 1 amide bonds. The second kappa shape index (κ2) is 6.44. The van der Waals surface area contributed by atoms with Gasteiger partial charge in [-0.1, -0.05) is 13.8 Å². The first kappa shape index (κ1) is 14.6. The van der Waals surface area contributed by atoms with E-state index >= 15 is 0 Å². The summed E-state index contributed by atoms with van der Waals surface area (Å²) in [4.78, 5) is 11.7. The average molecular weight is 256 g/mol. The van der Waals surface area contributed by atoms with Gasteiger partial charge in [0.05, 0.1) is 5.69 Å². The van der Waals surface area contributed by atoms with E-state index in [2.05, 4.69) is 10.6 Å². The number of hydrogen-bond donors (Lipinski definition) is 2. The second-order valence-corrected chi connectivity index (χ2v) is 4.28. The van der Waals surface area contributed by atoms with Crippen molar-refractivity contribution < 1.29 is 13.6 Å². The standard InChI is InChI=1S/C13H18F2N2O/c1-4-16-7-9(3)13(18)17-12-6-10(14)8(2)5-11(12)15/h5-6,9,16H,4,7H2,1-3H3,(H,17,18). The molecule has 18 heavy (non-hydrogen) atoms. The van der Waals surface area contributed by atoms with Crippen LogP contribution in [-0.4, -0.2) is 19.0 Å². The zero-order valence-corrected chi connectivity index (χ0v) is 10.8. The van der Waals surface area contributed by atoms with Crippen LogP contribution in [0.3, 0.4) is 0 Å². The summed E-state index contributed by atoms with van der Waals surface area (Å²) in [6.45, 7) is 6.38. The molecule has 0 bridgehead atoms. The van der Waals surface area contributed by atoms with E-state index in [1.807, 2.05) is 6.92 Å². The average Bonchev–Trinajstić information content (AvgIpc) is 2.32. The molecule has 0 spiro atoms. The molecule has 0 radical (unpaired) electrons. The molecule has 1 aromatic rings. The number of carbonyl (C=O) groups excluding carboxylic acids is 1. The van der Waals surface area contributed by atoms with Crippen molar-refractivity contribution in [2.75, 3.05) is 18.4 Å². The lowest BCUT2D eigenvalue weighted by Gasteiger charge is -2.13. The molecule has 0 aliphatic carbocycles. The lowest BCUT2D eigenvalue weighted by molar-refractivity contribution is -0.119. The molecular formula is C13H18F2N2O. The maximum absolute atomic E-state index is 13.5. The van der Waals surface area contributed by atoms with Crippen molar-refractivity contribution in [2.24, 2.45) is 5.92 Å². The van der Waals surface area contributed by atoms with Crippen molar-refractivity contribution in [1.29, 1.82) is 0 Å². The fourth-order valence-electron chi connectivity index (χ4n) is 1.45. The number of anilines is 1. The molecule has 0 saturated heterocycles. The fourth-order valence-corrected chi connectivity index (χ4v) is 1.45. The van der Waals surface area contributed by atoms with Crippen LogP contribution in [0, 0.1) is 24.5 Å². The van der Waals surface area contributed by atoms with Crippen LogP contribution in [0.5, 0.6) is 0 Å². The van der Waals surface area contributed by atoms with Gasteiger partial charge in [-0.15, -0.1) is 0 Å². The highest BCUT2D eigenvalue weighted by Gasteiger charge is 2.15.